The molecule has 4 heteroatoms. The SMILES string of the molecule is COc1cc2c(c(OC)c1)NC(=O)CC2. The summed E-state index contributed by atoms with van der Waals surface area (Å²) in [5.74, 6) is 1.44. The van der Waals surface area contributed by atoms with Gasteiger partial charge in [0.05, 0.1) is 19.9 Å². The Balaban J connectivity index is 2.49. The Morgan fingerprint density at radius 1 is 1.20 bits per heavy atom. The first-order valence-electron chi connectivity index (χ1n) is 4.79. The van der Waals surface area contributed by atoms with Crippen molar-refractivity contribution in [2.24, 2.45) is 0 Å². The third-order valence-corrected chi connectivity index (χ3v) is 2.50. The van der Waals surface area contributed by atoms with Crippen molar-refractivity contribution < 1.29 is 14.3 Å². The first-order chi connectivity index (χ1) is 7.24. The van der Waals surface area contributed by atoms with Gasteiger partial charge in [-0.25, -0.2) is 0 Å². The second kappa shape index (κ2) is 3.81. The fourth-order valence-electron chi connectivity index (χ4n) is 1.71. The van der Waals surface area contributed by atoms with E-state index in [-0.39, 0.29) is 5.91 Å². The van der Waals surface area contributed by atoms with Gasteiger partial charge in [0, 0.05) is 12.5 Å². The van der Waals surface area contributed by atoms with Crippen LogP contribution in [0.4, 0.5) is 5.69 Å². The number of hydrogen-bond donors (Lipinski definition) is 1. The number of carbonyl (C=O) groups is 1. The number of carbonyl (C=O) groups excluding carboxylic acids is 1. The summed E-state index contributed by atoms with van der Waals surface area (Å²) in [4.78, 5) is 11.3. The van der Waals surface area contributed by atoms with Crippen LogP contribution in [0.5, 0.6) is 11.5 Å². The number of methoxy groups -OCH3 is 2. The number of nitrogens with one attached hydrogen (secondary N) is 1. The van der Waals surface area contributed by atoms with Crippen LogP contribution in [0.15, 0.2) is 12.1 Å². The number of anilines is 1. The minimum absolute atomic E-state index is 0.0333. The van der Waals surface area contributed by atoms with Crippen molar-refractivity contribution in [2.75, 3.05) is 19.5 Å². The number of rotatable bonds is 2. The quantitative estimate of drug-likeness (QED) is 0.801. The molecule has 1 aromatic carbocycles. The molecule has 1 aliphatic heterocycles. The molecule has 1 heterocycles. The van der Waals surface area contributed by atoms with Gasteiger partial charge in [-0.05, 0) is 18.1 Å². The van der Waals surface area contributed by atoms with Crippen molar-refractivity contribution in [3.63, 3.8) is 0 Å². The van der Waals surface area contributed by atoms with Gasteiger partial charge in [-0.15, -0.1) is 0 Å². The maximum atomic E-state index is 11.3. The highest BCUT2D eigenvalue weighted by Gasteiger charge is 2.19. The molecule has 0 bridgehead atoms. The number of benzene rings is 1. The second-order valence-electron chi connectivity index (χ2n) is 3.41. The van der Waals surface area contributed by atoms with E-state index >= 15 is 0 Å². The van der Waals surface area contributed by atoms with Crippen LogP contribution in [0.3, 0.4) is 0 Å². The lowest BCUT2D eigenvalue weighted by atomic mass is 10.0. The highest BCUT2D eigenvalue weighted by Crippen LogP contribution is 2.36. The van der Waals surface area contributed by atoms with Crippen molar-refractivity contribution in [2.45, 2.75) is 12.8 Å². The molecule has 0 aliphatic carbocycles. The summed E-state index contributed by atoms with van der Waals surface area (Å²) in [6.45, 7) is 0. The molecule has 80 valence electrons. The van der Waals surface area contributed by atoms with Gasteiger partial charge in [0.2, 0.25) is 5.91 Å². The predicted octanol–water partition coefficient (Wildman–Crippen LogP) is 1.59. The van der Waals surface area contributed by atoms with Crippen molar-refractivity contribution in [3.8, 4) is 11.5 Å². The molecule has 0 spiro atoms. The topological polar surface area (TPSA) is 47.6 Å². The summed E-state index contributed by atoms with van der Waals surface area (Å²) < 4.78 is 10.4. The van der Waals surface area contributed by atoms with Crippen molar-refractivity contribution >= 4 is 11.6 Å². The average Bonchev–Trinajstić information content (AvgIpc) is 2.27. The smallest absolute Gasteiger partial charge is 0.224 e. The van der Waals surface area contributed by atoms with Crippen LogP contribution in [0.25, 0.3) is 0 Å². The minimum atomic E-state index is 0.0333. The standard InChI is InChI=1S/C11H13NO3/c1-14-8-5-7-3-4-10(13)12-11(7)9(6-8)15-2/h5-6H,3-4H2,1-2H3,(H,12,13). The van der Waals surface area contributed by atoms with Gasteiger partial charge >= 0.3 is 0 Å². The molecule has 1 aliphatic rings. The molecule has 1 aromatic rings. The normalized spacial score (nSPS) is 14.1. The van der Waals surface area contributed by atoms with Gasteiger partial charge in [0.1, 0.15) is 11.5 Å². The van der Waals surface area contributed by atoms with Crippen LogP contribution in [-0.4, -0.2) is 20.1 Å². The lowest BCUT2D eigenvalue weighted by Crippen LogP contribution is -2.19. The molecule has 1 N–H and O–H groups in total. The highest BCUT2D eigenvalue weighted by atomic mass is 16.5. The van der Waals surface area contributed by atoms with E-state index in [1.54, 1.807) is 20.3 Å². The van der Waals surface area contributed by atoms with Gasteiger partial charge in [0.25, 0.3) is 0 Å². The highest BCUT2D eigenvalue weighted by molar-refractivity contribution is 5.95. The third-order valence-electron chi connectivity index (χ3n) is 2.50. The van der Waals surface area contributed by atoms with E-state index < -0.39 is 0 Å². The number of hydrogen-bond acceptors (Lipinski definition) is 3. The van der Waals surface area contributed by atoms with E-state index in [2.05, 4.69) is 5.32 Å². The summed E-state index contributed by atoms with van der Waals surface area (Å²) in [6.07, 6.45) is 1.25. The number of ether oxygens (including phenoxy) is 2. The lowest BCUT2D eigenvalue weighted by Gasteiger charge is -2.20. The van der Waals surface area contributed by atoms with Crippen molar-refractivity contribution in [1.29, 1.82) is 0 Å². The first-order valence-corrected chi connectivity index (χ1v) is 4.79. The second-order valence-corrected chi connectivity index (χ2v) is 3.41. The zero-order chi connectivity index (χ0) is 10.8. The summed E-state index contributed by atoms with van der Waals surface area (Å²) in [5.41, 5.74) is 1.83. The Hall–Kier alpha value is -1.71. The Bertz CT molecular complexity index is 384. The number of amides is 1. The first kappa shape index (κ1) is 9.83. The van der Waals surface area contributed by atoms with E-state index in [0.29, 0.717) is 12.2 Å². The fraction of sp³-hybridized carbons (Fsp3) is 0.364. The van der Waals surface area contributed by atoms with Crippen LogP contribution in [0.2, 0.25) is 0 Å². The van der Waals surface area contributed by atoms with Crippen molar-refractivity contribution in [1.82, 2.24) is 0 Å². The summed E-state index contributed by atoms with van der Waals surface area (Å²) >= 11 is 0. The number of aryl methyl sites for hydroxylation is 1. The maximum absolute atomic E-state index is 11.3. The Morgan fingerprint density at radius 2 is 2.00 bits per heavy atom. The molecule has 15 heavy (non-hydrogen) atoms. The van der Waals surface area contributed by atoms with Crippen LogP contribution in [0, 0.1) is 0 Å². The molecule has 0 radical (unpaired) electrons. The van der Waals surface area contributed by atoms with Crippen LogP contribution in [-0.2, 0) is 11.2 Å². The minimum Gasteiger partial charge on any atom is -0.497 e. The van der Waals surface area contributed by atoms with E-state index in [1.165, 1.54) is 0 Å². The van der Waals surface area contributed by atoms with Gasteiger partial charge < -0.3 is 14.8 Å². The maximum Gasteiger partial charge on any atom is 0.224 e. The molecule has 0 saturated heterocycles. The van der Waals surface area contributed by atoms with Crippen LogP contribution >= 0.6 is 0 Å². The van der Waals surface area contributed by atoms with E-state index in [4.69, 9.17) is 9.47 Å². The molecule has 0 saturated carbocycles. The van der Waals surface area contributed by atoms with E-state index in [1.807, 2.05) is 6.07 Å². The summed E-state index contributed by atoms with van der Waals surface area (Å²) in [7, 11) is 3.19. The molecular weight excluding hydrogens is 194 g/mol. The molecule has 0 fully saturated rings. The molecule has 1 amide bonds. The molecular formula is C11H13NO3. The van der Waals surface area contributed by atoms with Gasteiger partial charge in [-0.1, -0.05) is 0 Å². The Kier molecular flexibility index (Phi) is 2.49. The van der Waals surface area contributed by atoms with Crippen LogP contribution in [0.1, 0.15) is 12.0 Å². The molecule has 4 nitrogen and oxygen atoms in total. The van der Waals surface area contributed by atoms with Crippen LogP contribution < -0.4 is 14.8 Å². The fourth-order valence-corrected chi connectivity index (χ4v) is 1.71. The van der Waals surface area contributed by atoms with Gasteiger partial charge in [-0.2, -0.15) is 0 Å². The van der Waals surface area contributed by atoms with E-state index in [9.17, 15) is 4.79 Å². The van der Waals surface area contributed by atoms with Gasteiger partial charge in [0.15, 0.2) is 0 Å². The number of fused-ring (bicyclic) bond motifs is 1. The predicted molar refractivity (Wildman–Crippen MR) is 56.5 cm³/mol. The summed E-state index contributed by atoms with van der Waals surface area (Å²) in [5, 5.41) is 2.81. The lowest BCUT2D eigenvalue weighted by molar-refractivity contribution is -0.116. The molecule has 0 aromatic heterocycles. The molecule has 2 rings (SSSR count). The summed E-state index contributed by atoms with van der Waals surface area (Å²) in [6, 6.07) is 3.70. The average molecular weight is 207 g/mol. The van der Waals surface area contributed by atoms with Crippen molar-refractivity contribution in [3.05, 3.63) is 17.7 Å². The molecule has 0 unspecified atom stereocenters. The Morgan fingerprint density at radius 3 is 2.67 bits per heavy atom. The van der Waals surface area contributed by atoms with E-state index in [0.717, 1.165) is 23.4 Å². The monoisotopic (exact) mass is 207 g/mol. The largest absolute Gasteiger partial charge is 0.497 e. The molecule has 0 atom stereocenters. The third kappa shape index (κ3) is 1.75. The zero-order valence-electron chi connectivity index (χ0n) is 8.79. The Labute approximate surface area is 88.2 Å². The zero-order valence-corrected chi connectivity index (χ0v) is 8.79. The van der Waals surface area contributed by atoms with Gasteiger partial charge in [-0.3, -0.25) is 4.79 Å².